The van der Waals surface area contributed by atoms with E-state index in [2.05, 4.69) is 22.3 Å². The Hall–Kier alpha value is -1.55. The van der Waals surface area contributed by atoms with Crippen molar-refractivity contribution in [1.82, 2.24) is 10.2 Å². The minimum Gasteiger partial charge on any atom is -0.407 e. The molecule has 0 spiro atoms. The second-order valence-corrected chi connectivity index (χ2v) is 3.72. The predicted molar refractivity (Wildman–Crippen MR) is 62.4 cm³/mol. The minimum atomic E-state index is 0.242. The highest BCUT2D eigenvalue weighted by molar-refractivity contribution is 6.16. The molecule has 0 amide bonds. The van der Waals surface area contributed by atoms with E-state index in [1.54, 1.807) is 0 Å². The first-order chi connectivity index (χ1) is 7.79. The van der Waals surface area contributed by atoms with Gasteiger partial charge in [-0.05, 0) is 5.56 Å². The summed E-state index contributed by atoms with van der Waals surface area (Å²) in [4.78, 5) is 1.89. The smallest absolute Gasteiger partial charge is 0.318 e. The van der Waals surface area contributed by atoms with Crippen LogP contribution in [-0.4, -0.2) is 17.2 Å². The molecule has 1 aromatic heterocycles. The molecule has 0 unspecified atom stereocenters. The number of halogens is 1. The minimum absolute atomic E-state index is 0.242. The molecule has 5 heteroatoms. The van der Waals surface area contributed by atoms with Crippen LogP contribution >= 0.6 is 11.6 Å². The second-order valence-electron chi connectivity index (χ2n) is 3.45. The molecule has 0 bridgehead atoms. The molecule has 0 aliphatic rings. The maximum atomic E-state index is 5.59. The highest BCUT2D eigenvalue weighted by atomic mass is 35.5. The summed E-state index contributed by atoms with van der Waals surface area (Å²) in [6.45, 7) is 0.727. The Labute approximate surface area is 98.8 Å². The predicted octanol–water partition coefficient (Wildman–Crippen LogP) is 2.44. The number of rotatable bonds is 4. The SMILES string of the molecule is CN(Cc1ccccc1)c1nnc(CCl)o1. The van der Waals surface area contributed by atoms with Gasteiger partial charge in [0.1, 0.15) is 5.88 Å². The summed E-state index contributed by atoms with van der Waals surface area (Å²) >= 11 is 5.59. The van der Waals surface area contributed by atoms with Crippen LogP contribution in [0.1, 0.15) is 11.5 Å². The van der Waals surface area contributed by atoms with Gasteiger partial charge in [0, 0.05) is 13.6 Å². The largest absolute Gasteiger partial charge is 0.407 e. The summed E-state index contributed by atoms with van der Waals surface area (Å²) in [6.07, 6.45) is 0. The van der Waals surface area contributed by atoms with Crippen molar-refractivity contribution in [2.45, 2.75) is 12.4 Å². The normalized spacial score (nSPS) is 10.4. The van der Waals surface area contributed by atoms with Crippen LogP contribution in [-0.2, 0) is 12.4 Å². The monoisotopic (exact) mass is 237 g/mol. The maximum absolute atomic E-state index is 5.59. The molecule has 16 heavy (non-hydrogen) atoms. The Kier molecular flexibility index (Phi) is 3.41. The third kappa shape index (κ3) is 2.52. The Morgan fingerprint density at radius 3 is 2.62 bits per heavy atom. The van der Waals surface area contributed by atoms with Gasteiger partial charge in [-0.2, -0.15) is 0 Å². The third-order valence-corrected chi connectivity index (χ3v) is 2.39. The Morgan fingerprint density at radius 1 is 1.25 bits per heavy atom. The molecule has 0 saturated carbocycles. The van der Waals surface area contributed by atoms with E-state index >= 15 is 0 Å². The van der Waals surface area contributed by atoms with Gasteiger partial charge in [-0.15, -0.1) is 16.7 Å². The molecule has 0 N–H and O–H groups in total. The van der Waals surface area contributed by atoms with Crippen molar-refractivity contribution in [3.63, 3.8) is 0 Å². The van der Waals surface area contributed by atoms with E-state index < -0.39 is 0 Å². The fourth-order valence-corrected chi connectivity index (χ4v) is 1.49. The number of anilines is 1. The van der Waals surface area contributed by atoms with Gasteiger partial charge in [0.2, 0.25) is 5.89 Å². The topological polar surface area (TPSA) is 42.2 Å². The molecule has 2 aromatic rings. The van der Waals surface area contributed by atoms with Gasteiger partial charge in [0.05, 0.1) is 0 Å². The highest BCUT2D eigenvalue weighted by Crippen LogP contribution is 2.14. The van der Waals surface area contributed by atoms with E-state index in [9.17, 15) is 0 Å². The zero-order chi connectivity index (χ0) is 11.4. The van der Waals surface area contributed by atoms with Gasteiger partial charge in [-0.3, -0.25) is 0 Å². The second kappa shape index (κ2) is 4.99. The summed E-state index contributed by atoms with van der Waals surface area (Å²) in [5.41, 5.74) is 1.19. The van der Waals surface area contributed by atoms with Crippen molar-refractivity contribution in [2.24, 2.45) is 0 Å². The van der Waals surface area contributed by atoms with Crippen LogP contribution in [0, 0.1) is 0 Å². The first kappa shape index (κ1) is 11.0. The number of nitrogens with zero attached hydrogens (tertiary/aromatic N) is 3. The quantitative estimate of drug-likeness (QED) is 0.766. The third-order valence-electron chi connectivity index (χ3n) is 2.16. The number of alkyl halides is 1. The van der Waals surface area contributed by atoms with E-state index in [-0.39, 0.29) is 5.88 Å². The first-order valence-corrected chi connectivity index (χ1v) is 5.46. The molecular formula is C11H12ClN3O. The molecule has 0 radical (unpaired) electrons. The van der Waals surface area contributed by atoms with E-state index in [4.69, 9.17) is 16.0 Å². The summed E-state index contributed by atoms with van der Waals surface area (Å²) < 4.78 is 5.34. The van der Waals surface area contributed by atoms with Crippen molar-refractivity contribution in [2.75, 3.05) is 11.9 Å². The molecule has 4 nitrogen and oxygen atoms in total. The van der Waals surface area contributed by atoms with Gasteiger partial charge < -0.3 is 9.32 Å². The summed E-state index contributed by atoms with van der Waals surface area (Å²) in [7, 11) is 1.90. The van der Waals surface area contributed by atoms with Gasteiger partial charge in [0.25, 0.3) is 0 Å². The van der Waals surface area contributed by atoms with Crippen LogP contribution in [0.15, 0.2) is 34.7 Å². The number of hydrogen-bond donors (Lipinski definition) is 0. The maximum Gasteiger partial charge on any atom is 0.318 e. The van der Waals surface area contributed by atoms with Crippen molar-refractivity contribution in [1.29, 1.82) is 0 Å². The first-order valence-electron chi connectivity index (χ1n) is 4.93. The standard InChI is InChI=1S/C11H12ClN3O/c1-15(8-9-5-3-2-4-6-9)11-14-13-10(7-12)16-11/h2-6H,7-8H2,1H3. The van der Waals surface area contributed by atoms with E-state index in [0.717, 1.165) is 6.54 Å². The lowest BCUT2D eigenvalue weighted by molar-refractivity contribution is 0.506. The number of aromatic nitrogens is 2. The van der Waals surface area contributed by atoms with Crippen molar-refractivity contribution >= 4 is 17.6 Å². The van der Waals surface area contributed by atoms with Crippen molar-refractivity contribution in [3.05, 3.63) is 41.8 Å². The molecule has 1 aromatic carbocycles. The highest BCUT2D eigenvalue weighted by Gasteiger charge is 2.09. The Morgan fingerprint density at radius 2 is 2.00 bits per heavy atom. The van der Waals surface area contributed by atoms with E-state index in [1.807, 2.05) is 30.1 Å². The summed E-state index contributed by atoms with van der Waals surface area (Å²) in [6, 6.07) is 10.6. The van der Waals surface area contributed by atoms with Crippen LogP contribution in [0.4, 0.5) is 6.01 Å². The fraction of sp³-hybridized carbons (Fsp3) is 0.273. The lowest BCUT2D eigenvalue weighted by Crippen LogP contribution is -2.16. The Bertz CT molecular complexity index is 444. The van der Waals surface area contributed by atoms with E-state index in [1.165, 1.54) is 5.56 Å². The van der Waals surface area contributed by atoms with Crippen LogP contribution in [0.25, 0.3) is 0 Å². The average Bonchev–Trinajstić information content (AvgIpc) is 2.79. The Balaban J connectivity index is 2.05. The fourth-order valence-electron chi connectivity index (χ4n) is 1.38. The molecule has 1 heterocycles. The zero-order valence-electron chi connectivity index (χ0n) is 8.93. The molecule has 84 valence electrons. The molecule has 0 aliphatic carbocycles. The van der Waals surface area contributed by atoms with Gasteiger partial charge in [-0.1, -0.05) is 35.4 Å². The van der Waals surface area contributed by atoms with Gasteiger partial charge in [-0.25, -0.2) is 0 Å². The summed E-state index contributed by atoms with van der Waals surface area (Å²) in [5.74, 6) is 0.684. The van der Waals surface area contributed by atoms with Gasteiger partial charge >= 0.3 is 6.01 Å². The molecule has 0 aliphatic heterocycles. The lowest BCUT2D eigenvalue weighted by atomic mass is 10.2. The molecule has 0 atom stereocenters. The van der Waals surface area contributed by atoms with E-state index in [0.29, 0.717) is 11.9 Å². The van der Waals surface area contributed by atoms with Crippen molar-refractivity contribution in [3.8, 4) is 0 Å². The number of hydrogen-bond acceptors (Lipinski definition) is 4. The van der Waals surface area contributed by atoms with Crippen LogP contribution in [0.5, 0.6) is 0 Å². The molecule has 2 rings (SSSR count). The lowest BCUT2D eigenvalue weighted by Gasteiger charge is -2.13. The number of benzene rings is 1. The molecular weight excluding hydrogens is 226 g/mol. The zero-order valence-corrected chi connectivity index (χ0v) is 9.68. The molecule has 0 saturated heterocycles. The molecule has 0 fully saturated rings. The average molecular weight is 238 g/mol. The van der Waals surface area contributed by atoms with Crippen LogP contribution in [0.3, 0.4) is 0 Å². The van der Waals surface area contributed by atoms with Crippen LogP contribution < -0.4 is 4.90 Å². The van der Waals surface area contributed by atoms with Crippen LogP contribution in [0.2, 0.25) is 0 Å². The van der Waals surface area contributed by atoms with Crippen molar-refractivity contribution < 1.29 is 4.42 Å². The van der Waals surface area contributed by atoms with Gasteiger partial charge in [0.15, 0.2) is 0 Å². The summed E-state index contributed by atoms with van der Waals surface area (Å²) in [5, 5.41) is 7.72.